The molecule has 2 N–H and O–H groups in total. The Kier molecular flexibility index (Phi) is 7.21. The lowest BCUT2D eigenvalue weighted by Gasteiger charge is -2.16. The van der Waals surface area contributed by atoms with E-state index in [0.717, 1.165) is 31.2 Å². The van der Waals surface area contributed by atoms with Gasteiger partial charge in [-0.25, -0.2) is 4.79 Å². The lowest BCUT2D eigenvalue weighted by atomic mass is 10.1. The van der Waals surface area contributed by atoms with E-state index in [1.807, 2.05) is 30.3 Å². The quantitative estimate of drug-likeness (QED) is 0.672. The van der Waals surface area contributed by atoms with Crippen molar-refractivity contribution in [2.75, 3.05) is 19.7 Å². The lowest BCUT2D eigenvalue weighted by Crippen LogP contribution is -2.45. The highest BCUT2D eigenvalue weighted by molar-refractivity contribution is 5.96. The second-order valence-electron chi connectivity index (χ2n) is 7.59. The van der Waals surface area contributed by atoms with Crippen molar-refractivity contribution in [2.45, 2.75) is 44.6 Å². The molecule has 1 saturated carbocycles. The van der Waals surface area contributed by atoms with Crippen LogP contribution in [-0.4, -0.2) is 54.5 Å². The Morgan fingerprint density at radius 1 is 1.10 bits per heavy atom. The Balaban J connectivity index is 1.36. The van der Waals surface area contributed by atoms with E-state index in [1.165, 1.54) is 0 Å². The topological polar surface area (TPSA) is 105 Å². The number of rotatable bonds is 7. The summed E-state index contributed by atoms with van der Waals surface area (Å²) in [4.78, 5) is 49.5. The second kappa shape index (κ2) is 10.0. The van der Waals surface area contributed by atoms with Crippen LogP contribution in [0.4, 0.5) is 4.79 Å². The second-order valence-corrected chi connectivity index (χ2v) is 7.59. The van der Waals surface area contributed by atoms with Crippen molar-refractivity contribution in [3.05, 3.63) is 35.9 Å². The third-order valence-electron chi connectivity index (χ3n) is 5.35. The molecule has 156 valence electrons. The largest absolute Gasteiger partial charge is 0.455 e. The van der Waals surface area contributed by atoms with Crippen molar-refractivity contribution >= 4 is 23.8 Å². The van der Waals surface area contributed by atoms with Gasteiger partial charge < -0.3 is 15.0 Å². The maximum Gasteiger partial charge on any atom is 0.321 e. The van der Waals surface area contributed by atoms with Crippen LogP contribution in [0, 0.1) is 5.92 Å². The highest BCUT2D eigenvalue weighted by atomic mass is 16.5. The van der Waals surface area contributed by atoms with E-state index < -0.39 is 30.4 Å². The van der Waals surface area contributed by atoms with Crippen LogP contribution in [0.5, 0.6) is 0 Å². The third-order valence-corrected chi connectivity index (χ3v) is 5.35. The van der Waals surface area contributed by atoms with Crippen molar-refractivity contribution < 1.29 is 23.9 Å². The molecule has 0 aromatic heterocycles. The number of urea groups is 1. The summed E-state index contributed by atoms with van der Waals surface area (Å²) in [6, 6.07) is 9.34. The summed E-state index contributed by atoms with van der Waals surface area (Å²) in [6.07, 6.45) is 4.75. The van der Waals surface area contributed by atoms with E-state index in [4.69, 9.17) is 4.74 Å². The monoisotopic (exact) mass is 401 g/mol. The molecular weight excluding hydrogens is 374 g/mol. The third kappa shape index (κ3) is 6.30. The zero-order valence-corrected chi connectivity index (χ0v) is 16.4. The van der Waals surface area contributed by atoms with Crippen LogP contribution in [0.3, 0.4) is 0 Å². The molecule has 1 aromatic rings. The molecule has 0 bridgehead atoms. The smallest absolute Gasteiger partial charge is 0.321 e. The summed E-state index contributed by atoms with van der Waals surface area (Å²) in [5.41, 5.74) is 1.12. The normalized spacial score (nSPS) is 19.2. The van der Waals surface area contributed by atoms with Gasteiger partial charge in [-0.05, 0) is 24.8 Å². The molecule has 2 fully saturated rings. The summed E-state index contributed by atoms with van der Waals surface area (Å²) >= 11 is 0. The first-order chi connectivity index (χ1) is 14.0. The van der Waals surface area contributed by atoms with E-state index in [1.54, 1.807) is 4.90 Å². The predicted octanol–water partition coefficient (Wildman–Crippen LogP) is 1.39. The molecule has 3 rings (SSSR count). The average Bonchev–Trinajstić information content (AvgIpc) is 3.34. The number of nitrogens with zero attached hydrogens (tertiary/aromatic N) is 1. The van der Waals surface area contributed by atoms with Gasteiger partial charge in [-0.1, -0.05) is 43.2 Å². The van der Waals surface area contributed by atoms with Crippen LogP contribution in [0.2, 0.25) is 0 Å². The molecule has 8 heteroatoms. The zero-order chi connectivity index (χ0) is 20.6. The Morgan fingerprint density at radius 3 is 2.55 bits per heavy atom. The van der Waals surface area contributed by atoms with Crippen molar-refractivity contribution in [2.24, 2.45) is 5.92 Å². The van der Waals surface area contributed by atoms with Gasteiger partial charge in [-0.15, -0.1) is 0 Å². The summed E-state index contributed by atoms with van der Waals surface area (Å²) in [5.74, 6) is -1.95. The summed E-state index contributed by atoms with van der Waals surface area (Å²) in [5, 5.41) is 4.89. The van der Waals surface area contributed by atoms with Crippen LogP contribution in [0.1, 0.15) is 37.7 Å². The minimum Gasteiger partial charge on any atom is -0.455 e. The predicted molar refractivity (Wildman–Crippen MR) is 105 cm³/mol. The van der Waals surface area contributed by atoms with Gasteiger partial charge in [-0.2, -0.15) is 0 Å². The van der Waals surface area contributed by atoms with Gasteiger partial charge in [0.25, 0.3) is 5.91 Å². The Bertz CT molecular complexity index is 746. The molecule has 1 heterocycles. The molecule has 0 unspecified atom stereocenters. The number of esters is 1. The van der Waals surface area contributed by atoms with Crippen molar-refractivity contribution in [1.29, 1.82) is 0 Å². The Labute approximate surface area is 170 Å². The Hall–Kier alpha value is -2.90. The summed E-state index contributed by atoms with van der Waals surface area (Å²) in [6.45, 7) is 0.286. The van der Waals surface area contributed by atoms with Gasteiger partial charge in [0, 0.05) is 25.6 Å². The van der Waals surface area contributed by atoms with Crippen molar-refractivity contribution in [1.82, 2.24) is 15.5 Å². The van der Waals surface area contributed by atoms with E-state index in [0.29, 0.717) is 13.0 Å². The van der Waals surface area contributed by atoms with Gasteiger partial charge in [-0.3, -0.25) is 19.7 Å². The van der Waals surface area contributed by atoms with E-state index >= 15 is 0 Å². The Morgan fingerprint density at radius 2 is 1.83 bits per heavy atom. The fraction of sp³-hybridized carbons (Fsp3) is 0.524. The van der Waals surface area contributed by atoms with Crippen LogP contribution in [0.25, 0.3) is 0 Å². The number of hydrogen-bond acceptors (Lipinski definition) is 5. The van der Waals surface area contributed by atoms with E-state index in [9.17, 15) is 19.2 Å². The maximum atomic E-state index is 12.2. The van der Waals surface area contributed by atoms with E-state index in [-0.39, 0.29) is 24.9 Å². The molecule has 1 aliphatic heterocycles. The molecule has 1 aromatic carbocycles. The first kappa shape index (κ1) is 20.8. The molecule has 29 heavy (non-hydrogen) atoms. The van der Waals surface area contributed by atoms with Gasteiger partial charge >= 0.3 is 12.0 Å². The zero-order valence-electron chi connectivity index (χ0n) is 16.4. The minimum atomic E-state index is -0.681. The lowest BCUT2D eigenvalue weighted by molar-refractivity contribution is -0.152. The minimum absolute atomic E-state index is 0.0808. The first-order valence-corrected chi connectivity index (χ1v) is 10.1. The number of carbonyl (C=O) groups is 4. The molecule has 4 amide bonds. The number of nitrogens with one attached hydrogen (secondary N) is 2. The van der Waals surface area contributed by atoms with Crippen LogP contribution in [0.15, 0.2) is 30.3 Å². The highest BCUT2D eigenvalue weighted by Gasteiger charge is 2.35. The van der Waals surface area contributed by atoms with Crippen LogP contribution < -0.4 is 10.6 Å². The highest BCUT2D eigenvalue weighted by Crippen LogP contribution is 2.20. The molecule has 1 aliphatic carbocycles. The standard InChI is InChI=1S/C21H27N3O5/c25-18(23-21(28)22-17-8-4-5-9-17)14-29-20(27)16-12-19(26)24(13-16)11-10-15-6-2-1-3-7-15/h1-3,6-7,16-17H,4-5,8-14H2,(H2,22,23,25,28)/t16-/m1/s1. The number of imide groups is 1. The van der Waals surface area contributed by atoms with Gasteiger partial charge in [0.2, 0.25) is 5.91 Å². The fourth-order valence-electron chi connectivity index (χ4n) is 3.76. The number of carbonyl (C=O) groups excluding carboxylic acids is 4. The van der Waals surface area contributed by atoms with E-state index in [2.05, 4.69) is 10.6 Å². The molecule has 2 aliphatic rings. The van der Waals surface area contributed by atoms with Crippen molar-refractivity contribution in [3.63, 3.8) is 0 Å². The number of ether oxygens (including phenoxy) is 1. The van der Waals surface area contributed by atoms with Gasteiger partial charge in [0.05, 0.1) is 5.92 Å². The molecule has 0 spiro atoms. The number of hydrogen-bond donors (Lipinski definition) is 2. The van der Waals surface area contributed by atoms with Crippen LogP contribution >= 0.6 is 0 Å². The first-order valence-electron chi connectivity index (χ1n) is 10.1. The summed E-state index contributed by atoms with van der Waals surface area (Å²) < 4.78 is 5.01. The molecule has 1 saturated heterocycles. The molecule has 0 radical (unpaired) electrons. The van der Waals surface area contributed by atoms with Gasteiger partial charge in [0.15, 0.2) is 6.61 Å². The number of likely N-dealkylation sites (tertiary alicyclic amines) is 1. The number of benzene rings is 1. The molecule has 8 nitrogen and oxygen atoms in total. The van der Waals surface area contributed by atoms with Crippen molar-refractivity contribution in [3.8, 4) is 0 Å². The fourth-order valence-corrected chi connectivity index (χ4v) is 3.76. The number of amides is 4. The maximum absolute atomic E-state index is 12.2. The van der Waals surface area contributed by atoms with Crippen LogP contribution in [-0.2, 0) is 25.5 Å². The molecular formula is C21H27N3O5. The molecule has 1 atom stereocenters. The summed E-state index contributed by atoms with van der Waals surface area (Å²) in [7, 11) is 0. The average molecular weight is 401 g/mol. The van der Waals surface area contributed by atoms with Gasteiger partial charge in [0.1, 0.15) is 0 Å². The SMILES string of the molecule is O=C(COC(=O)[C@@H]1CC(=O)N(CCc2ccccc2)C1)NC(=O)NC1CCCC1.